The van der Waals surface area contributed by atoms with Gasteiger partial charge in [0.2, 0.25) is 0 Å². The van der Waals surface area contributed by atoms with Crippen molar-refractivity contribution in [1.82, 2.24) is 5.32 Å². The molecule has 0 amide bonds. The lowest BCUT2D eigenvalue weighted by Gasteiger charge is -2.15. The van der Waals surface area contributed by atoms with Crippen LogP contribution >= 0.6 is 0 Å². The van der Waals surface area contributed by atoms with E-state index in [1.54, 1.807) is 0 Å². The van der Waals surface area contributed by atoms with Crippen LogP contribution in [0.25, 0.3) is 0 Å². The molecule has 2 N–H and O–H groups in total. The smallest absolute Gasteiger partial charge is 0.0711 e. The largest absolute Gasteiger partial charge is 0.391 e. The van der Waals surface area contributed by atoms with E-state index in [9.17, 15) is 5.11 Å². The maximum atomic E-state index is 10.2. The maximum Gasteiger partial charge on any atom is 0.0711 e. The van der Waals surface area contributed by atoms with Gasteiger partial charge in [0.05, 0.1) is 6.10 Å². The zero-order chi connectivity index (χ0) is 14.2. The number of rotatable bonds is 8. The highest BCUT2D eigenvalue weighted by atomic mass is 16.3. The quantitative estimate of drug-likeness (QED) is 0.709. The number of nitrogens with one attached hydrogen (secondary N) is 1. The lowest BCUT2D eigenvalue weighted by molar-refractivity contribution is 0.158. The Hall–Kier alpha value is -0.860. The predicted octanol–water partition coefficient (Wildman–Crippen LogP) is 3.68. The van der Waals surface area contributed by atoms with Gasteiger partial charge in [-0.1, -0.05) is 69.4 Å². The Morgan fingerprint density at radius 1 is 1.10 bits per heavy atom. The first-order valence-electron chi connectivity index (χ1n) is 8.27. The summed E-state index contributed by atoms with van der Waals surface area (Å²) in [6.07, 6.45) is 9.55. The Labute approximate surface area is 123 Å². The van der Waals surface area contributed by atoms with Crippen molar-refractivity contribution in [2.45, 2.75) is 76.5 Å². The number of unbranched alkanes of at least 4 members (excludes halogenated alkanes) is 4. The second-order valence-corrected chi connectivity index (χ2v) is 6.17. The standard InChI is InChI=1S/C18H29NO/c1-2-3-4-5-9-12-16-14-18(20)17(19-16)13-15-10-7-6-8-11-15/h6-8,10-11,16-20H,2-5,9,12-14H2,1H3. The molecule has 0 radical (unpaired) electrons. The van der Waals surface area contributed by atoms with Crippen LogP contribution in [0, 0.1) is 0 Å². The number of benzene rings is 1. The summed E-state index contributed by atoms with van der Waals surface area (Å²) in [5.41, 5.74) is 1.31. The van der Waals surface area contributed by atoms with Crippen molar-refractivity contribution >= 4 is 0 Å². The minimum atomic E-state index is -0.184. The van der Waals surface area contributed by atoms with E-state index in [-0.39, 0.29) is 12.1 Å². The summed E-state index contributed by atoms with van der Waals surface area (Å²) >= 11 is 0. The van der Waals surface area contributed by atoms with Gasteiger partial charge >= 0.3 is 0 Å². The van der Waals surface area contributed by atoms with Gasteiger partial charge in [-0.05, 0) is 24.8 Å². The van der Waals surface area contributed by atoms with Gasteiger partial charge < -0.3 is 10.4 Å². The average Bonchev–Trinajstić information content (AvgIpc) is 2.80. The summed E-state index contributed by atoms with van der Waals surface area (Å²) < 4.78 is 0. The van der Waals surface area contributed by atoms with Crippen LogP contribution in [0.4, 0.5) is 0 Å². The molecule has 0 aliphatic carbocycles. The molecule has 3 unspecified atom stereocenters. The van der Waals surface area contributed by atoms with E-state index < -0.39 is 0 Å². The van der Waals surface area contributed by atoms with Crippen molar-refractivity contribution in [1.29, 1.82) is 0 Å². The van der Waals surface area contributed by atoms with Crippen LogP contribution in [0.1, 0.15) is 57.4 Å². The Kier molecular flexibility index (Phi) is 6.55. The van der Waals surface area contributed by atoms with Crippen molar-refractivity contribution < 1.29 is 5.11 Å². The van der Waals surface area contributed by atoms with Crippen molar-refractivity contribution in [2.24, 2.45) is 0 Å². The number of hydrogen-bond donors (Lipinski definition) is 2. The molecule has 2 rings (SSSR count). The molecule has 1 aromatic carbocycles. The Morgan fingerprint density at radius 3 is 2.60 bits per heavy atom. The average molecular weight is 275 g/mol. The third-order valence-corrected chi connectivity index (χ3v) is 4.39. The fourth-order valence-corrected chi connectivity index (χ4v) is 3.20. The third-order valence-electron chi connectivity index (χ3n) is 4.39. The zero-order valence-electron chi connectivity index (χ0n) is 12.7. The molecule has 1 heterocycles. The first kappa shape index (κ1) is 15.5. The van der Waals surface area contributed by atoms with Gasteiger partial charge in [-0.3, -0.25) is 0 Å². The molecule has 1 fully saturated rings. The van der Waals surface area contributed by atoms with Crippen molar-refractivity contribution in [2.75, 3.05) is 0 Å². The van der Waals surface area contributed by atoms with Crippen LogP contribution in [0.2, 0.25) is 0 Å². The summed E-state index contributed by atoms with van der Waals surface area (Å²) in [6.45, 7) is 2.25. The lowest BCUT2D eigenvalue weighted by Crippen LogP contribution is -2.35. The van der Waals surface area contributed by atoms with Crippen LogP contribution in [-0.2, 0) is 6.42 Å². The van der Waals surface area contributed by atoms with Crippen molar-refractivity contribution in [3.8, 4) is 0 Å². The van der Waals surface area contributed by atoms with Gasteiger partial charge in [-0.25, -0.2) is 0 Å². The molecule has 20 heavy (non-hydrogen) atoms. The SMILES string of the molecule is CCCCCCCC1CC(O)C(Cc2ccccc2)N1. The van der Waals surface area contributed by atoms with Crippen LogP contribution in [-0.4, -0.2) is 23.3 Å². The monoisotopic (exact) mass is 275 g/mol. The molecular weight excluding hydrogens is 246 g/mol. The molecule has 112 valence electrons. The van der Waals surface area contributed by atoms with Crippen molar-refractivity contribution in [3.63, 3.8) is 0 Å². The lowest BCUT2D eigenvalue weighted by atomic mass is 10.0. The highest BCUT2D eigenvalue weighted by molar-refractivity contribution is 5.17. The van der Waals surface area contributed by atoms with Crippen LogP contribution < -0.4 is 5.32 Å². The molecule has 1 aliphatic heterocycles. The predicted molar refractivity (Wildman–Crippen MR) is 84.9 cm³/mol. The summed E-state index contributed by atoms with van der Waals surface area (Å²) in [4.78, 5) is 0. The van der Waals surface area contributed by atoms with Gasteiger partial charge in [0.15, 0.2) is 0 Å². The van der Waals surface area contributed by atoms with Gasteiger partial charge in [0, 0.05) is 12.1 Å². The fraction of sp³-hybridized carbons (Fsp3) is 0.667. The maximum absolute atomic E-state index is 10.2. The minimum Gasteiger partial charge on any atom is -0.391 e. The number of aliphatic hydroxyl groups excluding tert-OH is 1. The summed E-state index contributed by atoms with van der Waals surface area (Å²) in [5, 5.41) is 13.8. The van der Waals surface area contributed by atoms with Crippen LogP contribution in [0.3, 0.4) is 0 Å². The fourth-order valence-electron chi connectivity index (χ4n) is 3.20. The molecule has 2 nitrogen and oxygen atoms in total. The highest BCUT2D eigenvalue weighted by Gasteiger charge is 2.31. The summed E-state index contributed by atoms with van der Waals surface area (Å²) in [5.74, 6) is 0. The van der Waals surface area contributed by atoms with E-state index in [0.717, 1.165) is 12.8 Å². The molecule has 1 aromatic rings. The van der Waals surface area contributed by atoms with Gasteiger partial charge in [0.1, 0.15) is 0 Å². The second-order valence-electron chi connectivity index (χ2n) is 6.17. The molecule has 2 heteroatoms. The number of aliphatic hydroxyl groups is 1. The first-order valence-corrected chi connectivity index (χ1v) is 8.27. The Balaban J connectivity index is 1.69. The topological polar surface area (TPSA) is 32.3 Å². The van der Waals surface area contributed by atoms with E-state index >= 15 is 0 Å². The van der Waals surface area contributed by atoms with E-state index in [1.807, 2.05) is 6.07 Å². The molecule has 0 bridgehead atoms. The molecule has 1 aliphatic rings. The Morgan fingerprint density at radius 2 is 1.85 bits per heavy atom. The van der Waals surface area contributed by atoms with Crippen LogP contribution in [0.15, 0.2) is 30.3 Å². The first-order chi connectivity index (χ1) is 9.79. The van der Waals surface area contributed by atoms with E-state index in [0.29, 0.717) is 6.04 Å². The van der Waals surface area contributed by atoms with Gasteiger partial charge in [-0.2, -0.15) is 0 Å². The Bertz CT molecular complexity index is 365. The molecule has 0 aromatic heterocycles. The van der Waals surface area contributed by atoms with Gasteiger partial charge in [0.25, 0.3) is 0 Å². The van der Waals surface area contributed by atoms with Gasteiger partial charge in [-0.15, -0.1) is 0 Å². The zero-order valence-corrected chi connectivity index (χ0v) is 12.7. The number of hydrogen-bond acceptors (Lipinski definition) is 2. The molecule has 1 saturated heterocycles. The molecular formula is C18H29NO. The van der Waals surface area contributed by atoms with E-state index in [2.05, 4.69) is 36.5 Å². The summed E-state index contributed by atoms with van der Waals surface area (Å²) in [6, 6.07) is 11.2. The van der Waals surface area contributed by atoms with Crippen molar-refractivity contribution in [3.05, 3.63) is 35.9 Å². The normalized spacial score (nSPS) is 26.0. The second kappa shape index (κ2) is 8.43. The molecule has 0 spiro atoms. The summed E-state index contributed by atoms with van der Waals surface area (Å²) in [7, 11) is 0. The third kappa shape index (κ3) is 4.92. The minimum absolute atomic E-state index is 0.184. The van der Waals surface area contributed by atoms with Crippen LogP contribution in [0.5, 0.6) is 0 Å². The van der Waals surface area contributed by atoms with E-state index in [4.69, 9.17) is 0 Å². The molecule has 0 saturated carbocycles. The molecule has 3 atom stereocenters. The highest BCUT2D eigenvalue weighted by Crippen LogP contribution is 2.21. The van der Waals surface area contributed by atoms with E-state index in [1.165, 1.54) is 44.1 Å².